The van der Waals surface area contributed by atoms with Crippen molar-refractivity contribution >= 4 is 33.6 Å². The summed E-state index contributed by atoms with van der Waals surface area (Å²) >= 11 is 3.30. The fourth-order valence-electron chi connectivity index (χ4n) is 2.77. The van der Waals surface area contributed by atoms with E-state index in [1.54, 1.807) is 23.1 Å². The van der Waals surface area contributed by atoms with Crippen LogP contribution in [0.25, 0.3) is 17.4 Å². The first kappa shape index (κ1) is 17.9. The van der Waals surface area contributed by atoms with Gasteiger partial charge in [0.25, 0.3) is 11.6 Å². The zero-order valence-corrected chi connectivity index (χ0v) is 15.2. The number of hydrogen-bond acceptors (Lipinski definition) is 5. The molecular weight excluding hydrogens is 402 g/mol. The highest BCUT2D eigenvalue weighted by Gasteiger charge is 2.22. The molecule has 7 nitrogen and oxygen atoms in total. The smallest absolute Gasteiger partial charge is 0.270 e. The summed E-state index contributed by atoms with van der Waals surface area (Å²) in [7, 11) is 0. The van der Waals surface area contributed by atoms with E-state index < -0.39 is 4.92 Å². The minimum Gasteiger partial charge on any atom is -0.457 e. The van der Waals surface area contributed by atoms with Gasteiger partial charge in [-0.15, -0.1) is 0 Å². The van der Waals surface area contributed by atoms with Gasteiger partial charge in [-0.3, -0.25) is 14.9 Å². The molecule has 0 saturated carbocycles. The predicted octanol–water partition coefficient (Wildman–Crippen LogP) is 4.15. The van der Waals surface area contributed by atoms with E-state index in [-0.39, 0.29) is 17.2 Å². The largest absolute Gasteiger partial charge is 0.457 e. The first-order valence-corrected chi connectivity index (χ1v) is 8.74. The highest BCUT2D eigenvalue weighted by atomic mass is 79.9. The van der Waals surface area contributed by atoms with Crippen LogP contribution in [0, 0.1) is 21.4 Å². The Morgan fingerprint density at radius 3 is 2.65 bits per heavy atom. The molecule has 1 amide bonds. The summed E-state index contributed by atoms with van der Waals surface area (Å²) < 4.78 is 6.22. The topological polar surface area (TPSA) is 100 Å². The zero-order valence-electron chi connectivity index (χ0n) is 13.6. The number of hydrogen-bond donors (Lipinski definition) is 0. The number of furan rings is 1. The van der Waals surface area contributed by atoms with Gasteiger partial charge in [-0.25, -0.2) is 0 Å². The van der Waals surface area contributed by atoms with Crippen LogP contribution in [0.15, 0.2) is 44.8 Å². The summed E-state index contributed by atoms with van der Waals surface area (Å²) in [6.07, 6.45) is 3.32. The molecule has 0 atom stereocenters. The Hall–Kier alpha value is -2.92. The van der Waals surface area contributed by atoms with Gasteiger partial charge >= 0.3 is 0 Å². The third-order valence-corrected chi connectivity index (χ3v) is 4.74. The minimum atomic E-state index is -0.478. The predicted molar refractivity (Wildman–Crippen MR) is 97.9 cm³/mol. The Bertz CT molecular complexity index is 936. The Kier molecular flexibility index (Phi) is 5.19. The number of carbonyl (C=O) groups excluding carboxylic acids is 1. The maximum atomic E-state index is 12.3. The third kappa shape index (κ3) is 3.68. The molecule has 3 rings (SSSR count). The van der Waals surface area contributed by atoms with Crippen LogP contribution in [-0.4, -0.2) is 28.8 Å². The molecule has 0 spiro atoms. The van der Waals surface area contributed by atoms with Crippen molar-refractivity contribution in [3.05, 3.63) is 56.3 Å². The Morgan fingerprint density at radius 1 is 1.31 bits per heavy atom. The summed E-state index contributed by atoms with van der Waals surface area (Å²) in [5.41, 5.74) is 0.630. The van der Waals surface area contributed by atoms with E-state index in [1.165, 1.54) is 18.2 Å². The highest BCUT2D eigenvalue weighted by Crippen LogP contribution is 2.33. The van der Waals surface area contributed by atoms with Gasteiger partial charge in [0, 0.05) is 41.3 Å². The summed E-state index contributed by atoms with van der Waals surface area (Å²) in [5.74, 6) is 0.553. The molecule has 1 aromatic carbocycles. The number of nitro groups is 1. The second kappa shape index (κ2) is 7.54. The average molecular weight is 416 g/mol. The fourth-order valence-corrected chi connectivity index (χ4v) is 3.33. The first-order valence-electron chi connectivity index (χ1n) is 7.95. The molecule has 2 heterocycles. The Labute approximate surface area is 157 Å². The summed E-state index contributed by atoms with van der Waals surface area (Å²) in [6.45, 7) is 1.33. The van der Waals surface area contributed by atoms with E-state index in [2.05, 4.69) is 15.9 Å². The van der Waals surface area contributed by atoms with Crippen LogP contribution in [0.3, 0.4) is 0 Å². The van der Waals surface area contributed by atoms with Gasteiger partial charge in [-0.1, -0.05) is 0 Å². The molecule has 1 fully saturated rings. The Balaban J connectivity index is 1.86. The van der Waals surface area contributed by atoms with Crippen LogP contribution in [0.1, 0.15) is 18.6 Å². The van der Waals surface area contributed by atoms with Crippen LogP contribution in [-0.2, 0) is 4.79 Å². The standard InChI is InChI=1S/C18H14BrN3O4/c19-16-10-13(22(24)25)3-5-15(16)17-6-4-14(26-17)9-12(11-20)18(23)21-7-1-2-8-21/h3-6,9-10H,1-2,7-8H2/b12-9+. The summed E-state index contributed by atoms with van der Waals surface area (Å²) in [4.78, 5) is 24.3. The average Bonchev–Trinajstić information content (AvgIpc) is 3.31. The van der Waals surface area contributed by atoms with E-state index in [0.29, 0.717) is 34.6 Å². The lowest BCUT2D eigenvalue weighted by Gasteiger charge is -2.13. The maximum Gasteiger partial charge on any atom is 0.270 e. The third-order valence-electron chi connectivity index (χ3n) is 4.09. The summed E-state index contributed by atoms with van der Waals surface area (Å²) in [5, 5.41) is 20.1. The normalized spacial score (nSPS) is 14.3. The molecule has 8 heteroatoms. The summed E-state index contributed by atoms with van der Waals surface area (Å²) in [6, 6.07) is 9.63. The molecule has 1 aliphatic heterocycles. The van der Waals surface area contributed by atoms with Gasteiger partial charge in [0.1, 0.15) is 23.2 Å². The molecule has 0 radical (unpaired) electrons. The number of non-ortho nitro benzene ring substituents is 1. The second-order valence-corrected chi connectivity index (χ2v) is 6.65. The number of likely N-dealkylation sites (tertiary alicyclic amines) is 1. The van der Waals surface area contributed by atoms with Crippen molar-refractivity contribution in [2.24, 2.45) is 0 Å². The molecule has 1 aromatic heterocycles. The van der Waals surface area contributed by atoms with E-state index >= 15 is 0 Å². The fraction of sp³-hybridized carbons (Fsp3) is 0.222. The van der Waals surface area contributed by atoms with Crippen LogP contribution < -0.4 is 0 Å². The lowest BCUT2D eigenvalue weighted by atomic mass is 10.1. The van der Waals surface area contributed by atoms with Crippen LogP contribution >= 0.6 is 15.9 Å². The molecule has 0 bridgehead atoms. The molecular formula is C18H14BrN3O4. The van der Waals surface area contributed by atoms with Crippen molar-refractivity contribution in [3.63, 3.8) is 0 Å². The van der Waals surface area contributed by atoms with Gasteiger partial charge in [0.2, 0.25) is 0 Å². The van der Waals surface area contributed by atoms with E-state index in [0.717, 1.165) is 12.8 Å². The Morgan fingerprint density at radius 2 is 2.04 bits per heavy atom. The van der Waals surface area contributed by atoms with Crippen molar-refractivity contribution < 1.29 is 14.1 Å². The SMILES string of the molecule is N#C/C(=C\c1ccc(-c2ccc([N+](=O)[O-])cc2Br)o1)C(=O)N1CCCC1. The quantitative estimate of drug-likeness (QED) is 0.323. The van der Waals surface area contributed by atoms with Crippen LogP contribution in [0.5, 0.6) is 0 Å². The van der Waals surface area contributed by atoms with Gasteiger partial charge in [0.15, 0.2) is 0 Å². The van der Waals surface area contributed by atoms with E-state index in [9.17, 15) is 20.2 Å². The van der Waals surface area contributed by atoms with Gasteiger partial charge in [-0.2, -0.15) is 5.26 Å². The van der Waals surface area contributed by atoms with Crippen molar-refractivity contribution in [3.8, 4) is 17.4 Å². The van der Waals surface area contributed by atoms with Gasteiger partial charge in [0.05, 0.1) is 4.92 Å². The van der Waals surface area contributed by atoms with Crippen molar-refractivity contribution in [1.82, 2.24) is 4.90 Å². The highest BCUT2D eigenvalue weighted by molar-refractivity contribution is 9.10. The van der Waals surface area contributed by atoms with Crippen LogP contribution in [0.4, 0.5) is 5.69 Å². The molecule has 132 valence electrons. The lowest BCUT2D eigenvalue weighted by Crippen LogP contribution is -2.28. The molecule has 26 heavy (non-hydrogen) atoms. The molecule has 1 aliphatic rings. The van der Waals surface area contributed by atoms with E-state index in [4.69, 9.17) is 4.42 Å². The van der Waals surface area contributed by atoms with Crippen molar-refractivity contribution in [2.75, 3.05) is 13.1 Å². The molecule has 2 aromatic rings. The van der Waals surface area contributed by atoms with Crippen molar-refractivity contribution in [2.45, 2.75) is 12.8 Å². The van der Waals surface area contributed by atoms with Gasteiger partial charge < -0.3 is 9.32 Å². The number of nitriles is 1. The number of rotatable bonds is 4. The number of amides is 1. The van der Waals surface area contributed by atoms with Crippen molar-refractivity contribution in [1.29, 1.82) is 5.26 Å². The molecule has 0 N–H and O–H groups in total. The number of nitrogens with zero attached hydrogens (tertiary/aromatic N) is 3. The van der Waals surface area contributed by atoms with Gasteiger partial charge in [-0.05, 0) is 47.0 Å². The first-order chi connectivity index (χ1) is 12.5. The number of benzene rings is 1. The molecule has 0 aliphatic carbocycles. The lowest BCUT2D eigenvalue weighted by molar-refractivity contribution is -0.384. The monoisotopic (exact) mass is 415 g/mol. The van der Waals surface area contributed by atoms with Crippen LogP contribution in [0.2, 0.25) is 0 Å². The maximum absolute atomic E-state index is 12.3. The zero-order chi connectivity index (χ0) is 18.7. The minimum absolute atomic E-state index is 0.0237. The second-order valence-electron chi connectivity index (χ2n) is 5.79. The molecule has 0 unspecified atom stereocenters. The number of carbonyl (C=O) groups is 1. The number of halogens is 1. The molecule has 1 saturated heterocycles. The number of nitro benzene ring substituents is 1. The van der Waals surface area contributed by atoms with E-state index in [1.807, 2.05) is 6.07 Å².